The second-order valence-corrected chi connectivity index (χ2v) is 6.60. The van der Waals surface area contributed by atoms with Crippen molar-refractivity contribution in [3.05, 3.63) is 59.7 Å². The molecule has 1 fully saturated rings. The van der Waals surface area contributed by atoms with Crippen LogP contribution in [0.25, 0.3) is 0 Å². The largest absolute Gasteiger partial charge is 0.399 e. The van der Waals surface area contributed by atoms with Gasteiger partial charge in [0.25, 0.3) is 11.8 Å². The van der Waals surface area contributed by atoms with Crippen LogP contribution in [-0.2, 0) is 0 Å². The number of anilines is 2. The van der Waals surface area contributed by atoms with Gasteiger partial charge in [-0.3, -0.25) is 9.59 Å². The van der Waals surface area contributed by atoms with Crippen LogP contribution in [0.5, 0.6) is 0 Å². The highest BCUT2D eigenvalue weighted by atomic mass is 16.2. The monoisotopic (exact) mass is 382 g/mol. The van der Waals surface area contributed by atoms with Gasteiger partial charge < -0.3 is 22.1 Å². The van der Waals surface area contributed by atoms with Crippen molar-refractivity contribution in [1.82, 2.24) is 20.7 Å². The molecule has 1 aliphatic rings. The molecule has 1 saturated heterocycles. The van der Waals surface area contributed by atoms with E-state index in [0.29, 0.717) is 48.7 Å². The van der Waals surface area contributed by atoms with Crippen LogP contribution in [0.1, 0.15) is 20.7 Å². The maximum absolute atomic E-state index is 13.2. The number of amides is 2. The summed E-state index contributed by atoms with van der Waals surface area (Å²) in [6.45, 7) is 3.52. The highest BCUT2D eigenvalue weighted by Crippen LogP contribution is 2.15. The standard InChI is InChI=1S/C20H26N6O2/c21-17-5-1-15(2-6-17)19(27)25-13-11-23-9-10-24-12-14-26(25)20(28)16-3-7-18(22)8-4-16/h1-8,23-24H,9-14,21-22H2. The lowest BCUT2D eigenvalue weighted by Gasteiger charge is -2.36. The Hall–Kier alpha value is -3.10. The minimum absolute atomic E-state index is 0.244. The Balaban J connectivity index is 1.91. The number of hydrazine groups is 1. The van der Waals surface area contributed by atoms with Gasteiger partial charge in [-0.1, -0.05) is 0 Å². The smallest absolute Gasteiger partial charge is 0.272 e. The van der Waals surface area contributed by atoms with Gasteiger partial charge in [-0.2, -0.15) is 0 Å². The van der Waals surface area contributed by atoms with Crippen LogP contribution in [0.3, 0.4) is 0 Å². The molecule has 0 aliphatic carbocycles. The van der Waals surface area contributed by atoms with E-state index in [1.54, 1.807) is 48.5 Å². The molecule has 0 unspecified atom stereocenters. The topological polar surface area (TPSA) is 117 Å². The summed E-state index contributed by atoms with van der Waals surface area (Å²) in [5, 5.41) is 9.56. The Morgan fingerprint density at radius 2 is 1.00 bits per heavy atom. The number of nitrogens with zero attached hydrogens (tertiary/aromatic N) is 2. The molecule has 1 aliphatic heterocycles. The molecular formula is C20H26N6O2. The SMILES string of the molecule is Nc1ccc(C(=O)N2CCNCCNCCN2C(=O)c2ccc(N)cc2)cc1. The average Bonchev–Trinajstić information content (AvgIpc) is 2.71. The van der Waals surface area contributed by atoms with Gasteiger partial charge in [-0.05, 0) is 48.5 Å². The first kappa shape index (κ1) is 19.7. The first-order valence-corrected chi connectivity index (χ1v) is 9.32. The van der Waals surface area contributed by atoms with Crippen molar-refractivity contribution >= 4 is 23.2 Å². The number of nitrogens with two attached hydrogens (primary N) is 2. The molecule has 0 atom stereocenters. The third-order valence-corrected chi connectivity index (χ3v) is 4.55. The Labute approximate surface area is 164 Å². The molecule has 6 N–H and O–H groups in total. The molecule has 1 heterocycles. The maximum atomic E-state index is 13.2. The van der Waals surface area contributed by atoms with E-state index < -0.39 is 0 Å². The summed E-state index contributed by atoms with van der Waals surface area (Å²) >= 11 is 0. The molecule has 0 spiro atoms. The number of hydrogen-bond acceptors (Lipinski definition) is 6. The van der Waals surface area contributed by atoms with Crippen LogP contribution < -0.4 is 22.1 Å². The normalized spacial score (nSPS) is 15.9. The Morgan fingerprint density at radius 3 is 1.36 bits per heavy atom. The number of nitrogens with one attached hydrogen (secondary N) is 2. The van der Waals surface area contributed by atoms with Crippen molar-refractivity contribution < 1.29 is 9.59 Å². The highest BCUT2D eigenvalue weighted by molar-refractivity contribution is 5.99. The van der Waals surface area contributed by atoms with Crippen LogP contribution in [-0.4, -0.2) is 61.1 Å². The maximum Gasteiger partial charge on any atom is 0.272 e. The van der Waals surface area contributed by atoms with E-state index in [1.807, 2.05) is 0 Å². The molecule has 148 valence electrons. The minimum atomic E-state index is -0.244. The number of carbonyl (C=O) groups excluding carboxylic acids is 2. The molecule has 8 heteroatoms. The van der Waals surface area contributed by atoms with Gasteiger partial charge in [-0.25, -0.2) is 10.0 Å². The van der Waals surface area contributed by atoms with Gasteiger partial charge in [0.2, 0.25) is 0 Å². The number of hydrogen-bond donors (Lipinski definition) is 4. The molecule has 0 saturated carbocycles. The highest BCUT2D eigenvalue weighted by Gasteiger charge is 2.27. The summed E-state index contributed by atoms with van der Waals surface area (Å²) in [6.07, 6.45) is 0. The molecule has 0 aromatic heterocycles. The first-order chi connectivity index (χ1) is 13.6. The predicted molar refractivity (Wildman–Crippen MR) is 110 cm³/mol. The van der Waals surface area contributed by atoms with Gasteiger partial charge in [0.1, 0.15) is 0 Å². The quantitative estimate of drug-likeness (QED) is 0.564. The number of nitrogen functional groups attached to an aromatic ring is 2. The zero-order valence-electron chi connectivity index (χ0n) is 15.7. The van der Waals surface area contributed by atoms with Gasteiger partial charge in [0, 0.05) is 48.7 Å². The zero-order valence-corrected chi connectivity index (χ0v) is 15.7. The molecule has 3 rings (SSSR count). The van der Waals surface area contributed by atoms with E-state index >= 15 is 0 Å². The van der Waals surface area contributed by atoms with E-state index in [4.69, 9.17) is 11.5 Å². The number of rotatable bonds is 2. The third-order valence-electron chi connectivity index (χ3n) is 4.55. The zero-order chi connectivity index (χ0) is 19.9. The first-order valence-electron chi connectivity index (χ1n) is 9.32. The van der Waals surface area contributed by atoms with Crippen LogP contribution in [0.2, 0.25) is 0 Å². The van der Waals surface area contributed by atoms with Crippen LogP contribution in [0.4, 0.5) is 11.4 Å². The molecule has 0 radical (unpaired) electrons. The minimum Gasteiger partial charge on any atom is -0.399 e. The molecule has 2 amide bonds. The van der Waals surface area contributed by atoms with Gasteiger partial charge in [-0.15, -0.1) is 0 Å². The van der Waals surface area contributed by atoms with E-state index in [9.17, 15) is 9.59 Å². The second-order valence-electron chi connectivity index (χ2n) is 6.60. The summed E-state index contributed by atoms with van der Waals surface area (Å²) < 4.78 is 0. The average molecular weight is 382 g/mol. The fraction of sp³-hybridized carbons (Fsp3) is 0.300. The van der Waals surface area contributed by atoms with Gasteiger partial charge >= 0.3 is 0 Å². The van der Waals surface area contributed by atoms with E-state index in [0.717, 1.165) is 13.1 Å². The Bertz CT molecular complexity index is 737. The van der Waals surface area contributed by atoms with Crippen LogP contribution >= 0.6 is 0 Å². The van der Waals surface area contributed by atoms with Crippen LogP contribution in [0.15, 0.2) is 48.5 Å². The third kappa shape index (κ3) is 4.79. The lowest BCUT2D eigenvalue weighted by molar-refractivity contribution is -0.00328. The predicted octanol–water partition coefficient (Wildman–Crippen LogP) is 0.543. The van der Waals surface area contributed by atoms with Crippen molar-refractivity contribution in [1.29, 1.82) is 0 Å². The van der Waals surface area contributed by atoms with Crippen molar-refractivity contribution in [3.8, 4) is 0 Å². The Kier molecular flexibility index (Phi) is 6.46. The fourth-order valence-corrected chi connectivity index (χ4v) is 3.01. The summed E-state index contributed by atoms with van der Waals surface area (Å²) in [4.78, 5) is 26.4. The summed E-state index contributed by atoms with van der Waals surface area (Å²) in [5.74, 6) is -0.489. The molecule has 2 aromatic carbocycles. The number of benzene rings is 2. The Morgan fingerprint density at radius 1 is 0.643 bits per heavy atom. The van der Waals surface area contributed by atoms with Crippen molar-refractivity contribution in [2.75, 3.05) is 50.7 Å². The van der Waals surface area contributed by atoms with Gasteiger partial charge in [0.15, 0.2) is 0 Å². The van der Waals surface area contributed by atoms with Crippen LogP contribution in [0, 0.1) is 0 Å². The summed E-state index contributed by atoms with van der Waals surface area (Å²) in [7, 11) is 0. The lowest BCUT2D eigenvalue weighted by Crippen LogP contribution is -2.55. The summed E-state index contributed by atoms with van der Waals surface area (Å²) in [6, 6.07) is 13.4. The van der Waals surface area contributed by atoms with E-state index in [1.165, 1.54) is 10.0 Å². The molecule has 0 bridgehead atoms. The van der Waals surface area contributed by atoms with E-state index in [-0.39, 0.29) is 11.8 Å². The van der Waals surface area contributed by atoms with Crippen molar-refractivity contribution in [2.45, 2.75) is 0 Å². The molecule has 8 nitrogen and oxygen atoms in total. The van der Waals surface area contributed by atoms with Gasteiger partial charge in [0.05, 0.1) is 13.1 Å². The number of carbonyl (C=O) groups is 2. The fourth-order valence-electron chi connectivity index (χ4n) is 3.01. The lowest BCUT2D eigenvalue weighted by atomic mass is 10.1. The second kappa shape index (κ2) is 9.20. The molecule has 2 aromatic rings. The van der Waals surface area contributed by atoms with Crippen molar-refractivity contribution in [3.63, 3.8) is 0 Å². The van der Waals surface area contributed by atoms with Crippen molar-refractivity contribution in [2.24, 2.45) is 0 Å². The molecular weight excluding hydrogens is 356 g/mol. The summed E-state index contributed by atoms with van der Waals surface area (Å²) in [5.41, 5.74) is 13.6. The van der Waals surface area contributed by atoms with E-state index in [2.05, 4.69) is 10.6 Å². The molecule has 28 heavy (non-hydrogen) atoms.